The molecule has 2 heterocycles. The molecule has 0 bridgehead atoms. The average Bonchev–Trinajstić information content (AvgIpc) is 2.93. The van der Waals surface area contributed by atoms with Gasteiger partial charge in [0, 0.05) is 44.6 Å². The summed E-state index contributed by atoms with van der Waals surface area (Å²) in [6, 6.07) is 13.7. The molecule has 0 radical (unpaired) electrons. The van der Waals surface area contributed by atoms with Crippen molar-refractivity contribution in [2.75, 3.05) is 44.2 Å². The molecule has 0 saturated carbocycles. The van der Waals surface area contributed by atoms with Crippen molar-refractivity contribution in [2.45, 2.75) is 13.0 Å². The Morgan fingerprint density at radius 3 is 2.77 bits per heavy atom. The highest BCUT2D eigenvalue weighted by Gasteiger charge is 2.16. The first-order valence-electron chi connectivity index (χ1n) is 9.12. The summed E-state index contributed by atoms with van der Waals surface area (Å²) in [6.07, 6.45) is 2.74. The zero-order valence-corrected chi connectivity index (χ0v) is 15.0. The minimum Gasteiger partial charge on any atom is -0.395 e. The van der Waals surface area contributed by atoms with Gasteiger partial charge < -0.3 is 15.3 Å². The van der Waals surface area contributed by atoms with Gasteiger partial charge in [-0.15, -0.1) is 0 Å². The Morgan fingerprint density at radius 2 is 1.96 bits per heavy atom. The number of hydrogen-bond acceptors (Lipinski definition) is 5. The number of pyridine rings is 1. The van der Waals surface area contributed by atoms with Gasteiger partial charge in [-0.3, -0.25) is 14.7 Å². The Bertz CT molecular complexity index is 708. The van der Waals surface area contributed by atoms with Gasteiger partial charge in [-0.25, -0.2) is 0 Å². The number of aliphatic hydroxyl groups excluding tert-OH is 1. The minimum atomic E-state index is -0.160. The van der Waals surface area contributed by atoms with Gasteiger partial charge in [-0.2, -0.15) is 0 Å². The fraction of sp³-hybridized carbons (Fsp3) is 0.400. The summed E-state index contributed by atoms with van der Waals surface area (Å²) in [7, 11) is 0. The molecule has 0 aliphatic carbocycles. The third-order valence-electron chi connectivity index (χ3n) is 4.64. The van der Waals surface area contributed by atoms with E-state index in [1.807, 2.05) is 42.5 Å². The van der Waals surface area contributed by atoms with Crippen LogP contribution < -0.4 is 10.2 Å². The predicted molar refractivity (Wildman–Crippen MR) is 102 cm³/mol. The van der Waals surface area contributed by atoms with Crippen LogP contribution in [0.4, 0.5) is 5.69 Å². The molecule has 1 saturated heterocycles. The molecule has 26 heavy (non-hydrogen) atoms. The van der Waals surface area contributed by atoms with Gasteiger partial charge in [-0.05, 0) is 30.7 Å². The molecule has 0 unspecified atom stereocenters. The van der Waals surface area contributed by atoms with E-state index < -0.39 is 0 Å². The van der Waals surface area contributed by atoms with E-state index in [4.69, 9.17) is 5.11 Å². The first kappa shape index (κ1) is 18.4. The minimum absolute atomic E-state index is 0.160. The molecule has 1 aromatic carbocycles. The van der Waals surface area contributed by atoms with E-state index >= 15 is 0 Å². The maximum Gasteiger partial charge on any atom is 0.270 e. The van der Waals surface area contributed by atoms with E-state index in [1.165, 1.54) is 0 Å². The number of nitrogens with zero attached hydrogens (tertiary/aromatic N) is 3. The Labute approximate surface area is 154 Å². The fourth-order valence-corrected chi connectivity index (χ4v) is 3.20. The van der Waals surface area contributed by atoms with Crippen LogP contribution in [-0.2, 0) is 6.54 Å². The molecule has 6 nitrogen and oxygen atoms in total. The summed E-state index contributed by atoms with van der Waals surface area (Å²) in [5.74, 6) is -0.160. The summed E-state index contributed by atoms with van der Waals surface area (Å²) in [6.45, 7) is 5.14. The lowest BCUT2D eigenvalue weighted by Crippen LogP contribution is -2.32. The first-order valence-corrected chi connectivity index (χ1v) is 9.12. The van der Waals surface area contributed by atoms with Gasteiger partial charge in [0.2, 0.25) is 0 Å². The van der Waals surface area contributed by atoms with Crippen LogP contribution in [0.1, 0.15) is 22.5 Å². The number of aliphatic hydroxyl groups is 1. The molecular formula is C20H26N4O2. The van der Waals surface area contributed by atoms with E-state index in [9.17, 15) is 4.79 Å². The van der Waals surface area contributed by atoms with Crippen LogP contribution in [0.2, 0.25) is 0 Å². The third-order valence-corrected chi connectivity index (χ3v) is 4.64. The number of anilines is 1. The van der Waals surface area contributed by atoms with Crippen LogP contribution in [0.25, 0.3) is 0 Å². The number of carbonyl (C=O) groups excluding carboxylic acids is 1. The molecule has 2 aromatic rings. The van der Waals surface area contributed by atoms with Crippen LogP contribution in [0.3, 0.4) is 0 Å². The summed E-state index contributed by atoms with van der Waals surface area (Å²) in [5.41, 5.74) is 2.53. The third kappa shape index (κ3) is 5.03. The van der Waals surface area contributed by atoms with Crippen molar-refractivity contribution in [1.29, 1.82) is 0 Å². The first-order chi connectivity index (χ1) is 12.8. The molecule has 1 aliphatic heterocycles. The normalized spacial score (nSPS) is 15.5. The zero-order chi connectivity index (χ0) is 18.2. The lowest BCUT2D eigenvalue weighted by atomic mass is 10.2. The maximum atomic E-state index is 12.4. The Kier molecular flexibility index (Phi) is 6.57. The van der Waals surface area contributed by atoms with Crippen LogP contribution in [0.5, 0.6) is 0 Å². The quantitative estimate of drug-likeness (QED) is 0.823. The van der Waals surface area contributed by atoms with Crippen molar-refractivity contribution in [1.82, 2.24) is 15.2 Å². The molecule has 2 N–H and O–H groups in total. The number of hydrogen-bond donors (Lipinski definition) is 2. The molecule has 1 aliphatic rings. The van der Waals surface area contributed by atoms with E-state index in [-0.39, 0.29) is 12.5 Å². The molecule has 3 rings (SSSR count). The zero-order valence-electron chi connectivity index (χ0n) is 15.0. The molecule has 1 amide bonds. The maximum absolute atomic E-state index is 12.4. The lowest BCUT2D eigenvalue weighted by molar-refractivity contribution is 0.0946. The second-order valence-corrected chi connectivity index (χ2v) is 6.47. The van der Waals surface area contributed by atoms with Gasteiger partial charge in [0.15, 0.2) is 0 Å². The Morgan fingerprint density at radius 1 is 1.12 bits per heavy atom. The average molecular weight is 354 g/mol. The molecule has 0 spiro atoms. The Balaban J connectivity index is 1.61. The second kappa shape index (κ2) is 9.31. The van der Waals surface area contributed by atoms with Gasteiger partial charge >= 0.3 is 0 Å². The van der Waals surface area contributed by atoms with Crippen molar-refractivity contribution in [3.63, 3.8) is 0 Å². The van der Waals surface area contributed by atoms with Gasteiger partial charge in [0.1, 0.15) is 5.69 Å². The van der Waals surface area contributed by atoms with E-state index in [1.54, 1.807) is 6.20 Å². The smallest absolute Gasteiger partial charge is 0.270 e. The number of carbonyl (C=O) groups is 1. The van der Waals surface area contributed by atoms with Crippen molar-refractivity contribution in [3.05, 3.63) is 59.9 Å². The van der Waals surface area contributed by atoms with Gasteiger partial charge in [0.25, 0.3) is 5.91 Å². The van der Waals surface area contributed by atoms with Gasteiger partial charge in [0.05, 0.1) is 6.61 Å². The molecule has 6 heteroatoms. The van der Waals surface area contributed by atoms with Crippen molar-refractivity contribution >= 4 is 11.6 Å². The number of β-amino-alcohol motifs (C(OH)–C–C–N with tert-alkyl or cyclic N) is 1. The van der Waals surface area contributed by atoms with E-state index in [2.05, 4.69) is 20.1 Å². The van der Waals surface area contributed by atoms with Gasteiger partial charge in [-0.1, -0.05) is 30.3 Å². The number of rotatable bonds is 6. The van der Waals surface area contributed by atoms with Crippen LogP contribution >= 0.6 is 0 Å². The highest BCUT2D eigenvalue weighted by atomic mass is 16.3. The number of aromatic nitrogens is 1. The highest BCUT2D eigenvalue weighted by Crippen LogP contribution is 2.17. The number of amides is 1. The fourth-order valence-electron chi connectivity index (χ4n) is 3.20. The Hall–Kier alpha value is -2.44. The van der Waals surface area contributed by atoms with E-state index in [0.29, 0.717) is 12.2 Å². The summed E-state index contributed by atoms with van der Waals surface area (Å²) >= 11 is 0. The van der Waals surface area contributed by atoms with Crippen LogP contribution in [0.15, 0.2) is 48.7 Å². The molecule has 1 aromatic heterocycles. The van der Waals surface area contributed by atoms with Crippen molar-refractivity contribution in [3.8, 4) is 0 Å². The largest absolute Gasteiger partial charge is 0.395 e. The summed E-state index contributed by atoms with van der Waals surface area (Å²) in [5, 5.41) is 12.0. The lowest BCUT2D eigenvalue weighted by Gasteiger charge is -2.23. The van der Waals surface area contributed by atoms with E-state index in [0.717, 1.165) is 50.4 Å². The monoisotopic (exact) mass is 354 g/mol. The van der Waals surface area contributed by atoms with Crippen molar-refractivity contribution in [2.24, 2.45) is 0 Å². The molecule has 138 valence electrons. The summed E-state index contributed by atoms with van der Waals surface area (Å²) in [4.78, 5) is 21.2. The van der Waals surface area contributed by atoms with Crippen LogP contribution in [0, 0.1) is 0 Å². The SMILES string of the molecule is O=C(NCc1ccccc1)c1cc(N2CCCN(CCO)CC2)ccn1. The topological polar surface area (TPSA) is 68.7 Å². The standard InChI is InChI=1S/C20H26N4O2/c25-14-13-23-9-4-10-24(12-11-23)18-7-8-21-19(15-18)20(26)22-16-17-5-2-1-3-6-17/h1-3,5-8,15,25H,4,9-14,16H2,(H,22,26). The summed E-state index contributed by atoms with van der Waals surface area (Å²) < 4.78 is 0. The molecule has 1 fully saturated rings. The predicted octanol–water partition coefficient (Wildman–Crippen LogP) is 1.52. The number of benzene rings is 1. The molecular weight excluding hydrogens is 328 g/mol. The molecule has 0 atom stereocenters. The number of nitrogens with one attached hydrogen (secondary N) is 1. The highest BCUT2D eigenvalue weighted by molar-refractivity contribution is 5.93. The van der Waals surface area contributed by atoms with Crippen molar-refractivity contribution < 1.29 is 9.90 Å². The second-order valence-electron chi connectivity index (χ2n) is 6.47. The van der Waals surface area contributed by atoms with Crippen LogP contribution in [-0.4, -0.2) is 60.2 Å².